The number of halogens is 3. The van der Waals surface area contributed by atoms with Gasteiger partial charge in [-0.05, 0) is 37.5 Å². The third kappa shape index (κ3) is 9.51. The summed E-state index contributed by atoms with van der Waals surface area (Å²) in [5.74, 6) is -1.99. The number of hydrogen-bond donors (Lipinski definition) is 7. The third-order valence-electron chi connectivity index (χ3n) is 10.1. The highest BCUT2D eigenvalue weighted by atomic mass is 19.4. The van der Waals surface area contributed by atoms with Crippen LogP contribution in [0.5, 0.6) is 0 Å². The van der Waals surface area contributed by atoms with E-state index >= 15 is 0 Å². The maximum absolute atomic E-state index is 13.6. The molecule has 5 unspecified atom stereocenters. The molecule has 1 amide bonds. The maximum atomic E-state index is 13.6. The molecule has 0 aromatic rings. The summed E-state index contributed by atoms with van der Waals surface area (Å²) in [6, 6.07) is 0. The smallest absolute Gasteiger partial charge is 0.417 e. The molecule has 11 atom stereocenters. The minimum atomic E-state index is -5.08. The largest absolute Gasteiger partial charge is 0.505 e. The van der Waals surface area contributed by atoms with Gasteiger partial charge in [0, 0.05) is 26.1 Å². The summed E-state index contributed by atoms with van der Waals surface area (Å²) in [5.41, 5.74) is 0. The van der Waals surface area contributed by atoms with Gasteiger partial charge in [0.1, 0.15) is 24.4 Å². The first-order chi connectivity index (χ1) is 22.8. The quantitative estimate of drug-likeness (QED) is 0.103. The van der Waals surface area contributed by atoms with Crippen molar-refractivity contribution in [1.29, 1.82) is 0 Å². The molecule has 278 valence electrons. The fourth-order valence-corrected chi connectivity index (χ4v) is 7.11. The second-order valence-corrected chi connectivity index (χ2v) is 13.5. The van der Waals surface area contributed by atoms with Gasteiger partial charge >= 0.3 is 6.18 Å². The molecule has 0 aromatic carbocycles. The number of nitrogens with zero attached hydrogens (tertiary/aromatic N) is 1. The predicted molar refractivity (Wildman–Crippen MR) is 161 cm³/mol. The van der Waals surface area contributed by atoms with Crippen LogP contribution in [0.1, 0.15) is 84.0 Å². The maximum Gasteiger partial charge on any atom is 0.417 e. The molecule has 0 bridgehead atoms. The highest BCUT2D eigenvalue weighted by Crippen LogP contribution is 2.38. The van der Waals surface area contributed by atoms with E-state index in [1.165, 1.54) is 0 Å². The van der Waals surface area contributed by atoms with Crippen LogP contribution in [0, 0.1) is 11.8 Å². The highest BCUT2D eigenvalue weighted by Gasteiger charge is 2.56. The van der Waals surface area contributed by atoms with Crippen LogP contribution in [0.4, 0.5) is 13.2 Å². The molecule has 13 nitrogen and oxygen atoms in total. The van der Waals surface area contributed by atoms with Gasteiger partial charge in [-0.1, -0.05) is 51.9 Å². The van der Waals surface area contributed by atoms with E-state index in [0.29, 0.717) is 38.8 Å². The Morgan fingerprint density at radius 2 is 1.65 bits per heavy atom. The molecule has 2 heterocycles. The van der Waals surface area contributed by atoms with E-state index in [0.717, 1.165) is 38.5 Å². The molecule has 7 N–H and O–H groups in total. The Morgan fingerprint density at radius 1 is 0.958 bits per heavy atom. The number of carbonyl (C=O) groups is 1. The number of likely N-dealkylation sites (tertiary alicyclic amines) is 1. The summed E-state index contributed by atoms with van der Waals surface area (Å²) in [7, 11) is 0. The van der Waals surface area contributed by atoms with Gasteiger partial charge in [-0.15, -0.1) is 0 Å². The standard InChI is InChI=1S/C32H52F3NO12/c1-2-18-10-6-11-20(26(18)47-31-24(41)22(39)23(40)28(48-31)32(33,34)35)46-30(44)25(42)27(19(38)12-15-37)45-21(29(43)36-13-7-14-36)16-17-8-4-3-5-9-17/h17-24,26,28,30-31,37-42,44H,2-16H2,1H3/b27-25+/t18?,19-,20+,21-,22?,23-,24?,26?,28?,30-,31+/m0/s1. The van der Waals surface area contributed by atoms with Gasteiger partial charge in [0.25, 0.3) is 5.91 Å². The summed E-state index contributed by atoms with van der Waals surface area (Å²) in [6.07, 6.45) is -16.2. The normalized spacial score (nSPS) is 34.5. The Morgan fingerprint density at radius 3 is 2.23 bits per heavy atom. The van der Waals surface area contributed by atoms with E-state index < -0.39 is 85.7 Å². The number of hydrogen-bond acceptors (Lipinski definition) is 12. The first-order valence-electron chi connectivity index (χ1n) is 17.2. The lowest BCUT2D eigenvalue weighted by Crippen LogP contribution is -2.63. The van der Waals surface area contributed by atoms with Gasteiger partial charge in [0.2, 0.25) is 6.29 Å². The third-order valence-corrected chi connectivity index (χ3v) is 10.1. The van der Waals surface area contributed by atoms with Gasteiger partial charge in [0.15, 0.2) is 30.0 Å². The minimum Gasteiger partial charge on any atom is -0.505 e. The first kappa shape index (κ1) is 39.0. The Labute approximate surface area is 278 Å². The molecule has 48 heavy (non-hydrogen) atoms. The van der Waals surface area contributed by atoms with Crippen molar-refractivity contribution in [1.82, 2.24) is 4.90 Å². The number of aliphatic hydroxyl groups excluding tert-OH is 7. The molecular weight excluding hydrogens is 647 g/mol. The number of alkyl halides is 3. The van der Waals surface area contributed by atoms with Gasteiger partial charge in [-0.2, -0.15) is 13.2 Å². The second-order valence-electron chi connectivity index (χ2n) is 13.5. The van der Waals surface area contributed by atoms with Crippen LogP contribution >= 0.6 is 0 Å². The van der Waals surface area contributed by atoms with Gasteiger partial charge in [-0.25, -0.2) is 0 Å². The topological polar surface area (TPSA) is 199 Å². The molecule has 16 heteroatoms. The zero-order valence-electron chi connectivity index (χ0n) is 27.3. The number of aliphatic hydroxyl groups is 7. The van der Waals surface area contributed by atoms with Crippen molar-refractivity contribution < 1.29 is 72.7 Å². The second kappa shape index (κ2) is 17.4. The Balaban J connectivity index is 1.56. The van der Waals surface area contributed by atoms with Crippen molar-refractivity contribution in [3.63, 3.8) is 0 Å². The number of amides is 1. The SMILES string of the molecule is CCC1CCC[C@@H](O[C@H](O)/C(O)=C(\O[C@@H](CC2CCCCC2)C(=O)N2CCC2)[C@@H](O)CCO)C1O[C@@H]1OC(C(F)(F)F)[C@@H](O)C(O)C1O. The van der Waals surface area contributed by atoms with Crippen LogP contribution in [-0.4, -0.2) is 134 Å². The van der Waals surface area contributed by atoms with E-state index in [-0.39, 0.29) is 30.6 Å². The number of carbonyl (C=O) groups excluding carboxylic acids is 1. The van der Waals surface area contributed by atoms with E-state index in [9.17, 15) is 53.7 Å². The molecule has 2 saturated heterocycles. The molecule has 0 aromatic heterocycles. The van der Waals surface area contributed by atoms with Crippen LogP contribution in [0.25, 0.3) is 0 Å². The summed E-state index contributed by atoms with van der Waals surface area (Å²) in [4.78, 5) is 15.0. The molecule has 0 spiro atoms. The summed E-state index contributed by atoms with van der Waals surface area (Å²) in [6.45, 7) is 2.37. The summed E-state index contributed by atoms with van der Waals surface area (Å²) in [5, 5.41) is 73.3. The van der Waals surface area contributed by atoms with E-state index in [1.807, 2.05) is 0 Å². The summed E-state index contributed by atoms with van der Waals surface area (Å²) >= 11 is 0. The Bertz CT molecular complexity index is 1060. The monoisotopic (exact) mass is 699 g/mol. The summed E-state index contributed by atoms with van der Waals surface area (Å²) < 4.78 is 63.2. The zero-order valence-corrected chi connectivity index (χ0v) is 27.3. The van der Waals surface area contributed by atoms with Crippen LogP contribution < -0.4 is 0 Å². The molecule has 4 rings (SSSR count). The van der Waals surface area contributed by atoms with Gasteiger partial charge < -0.3 is 59.6 Å². The van der Waals surface area contributed by atoms with Crippen LogP contribution in [0.2, 0.25) is 0 Å². The minimum absolute atomic E-state index is 0.175. The van der Waals surface area contributed by atoms with Gasteiger partial charge in [-0.3, -0.25) is 4.79 Å². The van der Waals surface area contributed by atoms with E-state index in [2.05, 4.69) is 0 Å². The lowest BCUT2D eigenvalue weighted by atomic mass is 9.82. The molecule has 0 radical (unpaired) electrons. The number of ether oxygens (including phenoxy) is 4. The van der Waals surface area contributed by atoms with E-state index in [4.69, 9.17) is 18.9 Å². The molecule has 2 aliphatic carbocycles. The number of rotatable bonds is 14. The Hall–Kier alpha value is -1.76. The average Bonchev–Trinajstić information content (AvgIpc) is 3.02. The van der Waals surface area contributed by atoms with Crippen LogP contribution in [-0.2, 0) is 23.7 Å². The average molecular weight is 700 g/mol. The molecule has 4 fully saturated rings. The van der Waals surface area contributed by atoms with Crippen molar-refractivity contribution in [2.45, 2.75) is 152 Å². The fraction of sp³-hybridized carbons (Fsp3) is 0.906. The molecule has 4 aliphatic rings. The lowest BCUT2D eigenvalue weighted by molar-refractivity contribution is -0.368. The van der Waals surface area contributed by atoms with E-state index in [1.54, 1.807) is 11.8 Å². The zero-order chi connectivity index (χ0) is 35.2. The highest BCUT2D eigenvalue weighted by molar-refractivity contribution is 5.81. The van der Waals surface area contributed by atoms with Crippen molar-refractivity contribution >= 4 is 5.91 Å². The Kier molecular flexibility index (Phi) is 14.2. The fourth-order valence-electron chi connectivity index (χ4n) is 7.11. The first-order valence-corrected chi connectivity index (χ1v) is 17.2. The van der Waals surface area contributed by atoms with Crippen molar-refractivity contribution in [3.05, 3.63) is 11.5 Å². The molecular formula is C32H52F3NO12. The van der Waals surface area contributed by atoms with Crippen LogP contribution in [0.3, 0.4) is 0 Å². The molecule has 2 aliphatic heterocycles. The van der Waals surface area contributed by atoms with Crippen molar-refractivity contribution in [3.8, 4) is 0 Å². The predicted octanol–water partition coefficient (Wildman–Crippen LogP) is 1.76. The van der Waals surface area contributed by atoms with Crippen molar-refractivity contribution in [2.75, 3.05) is 19.7 Å². The lowest BCUT2D eigenvalue weighted by Gasteiger charge is -2.45. The van der Waals surface area contributed by atoms with Gasteiger partial charge in [0.05, 0.1) is 12.2 Å². The van der Waals surface area contributed by atoms with Crippen molar-refractivity contribution in [2.24, 2.45) is 11.8 Å². The molecule has 2 saturated carbocycles. The van der Waals surface area contributed by atoms with Crippen LogP contribution in [0.15, 0.2) is 11.5 Å².